The van der Waals surface area contributed by atoms with Crippen molar-refractivity contribution in [3.8, 4) is 23.0 Å². The van der Waals surface area contributed by atoms with E-state index >= 15 is 0 Å². The summed E-state index contributed by atoms with van der Waals surface area (Å²) in [7, 11) is -0.628. The van der Waals surface area contributed by atoms with Gasteiger partial charge < -0.3 is 18.2 Å². The van der Waals surface area contributed by atoms with Crippen molar-refractivity contribution < 1.29 is 18.2 Å². The second-order valence-electron chi connectivity index (χ2n) is 8.47. The van der Waals surface area contributed by atoms with Gasteiger partial charge in [0, 0.05) is 16.6 Å². The van der Waals surface area contributed by atoms with Crippen molar-refractivity contribution in [2.45, 2.75) is 38.9 Å². The van der Waals surface area contributed by atoms with Crippen LogP contribution in [0.5, 0.6) is 0 Å². The minimum absolute atomic E-state index is 0.00691. The van der Waals surface area contributed by atoms with Crippen molar-refractivity contribution in [2.24, 2.45) is 0 Å². The first kappa shape index (κ1) is 20.8. The molecule has 0 saturated carbocycles. The molecule has 0 unspecified atom stereocenters. The number of hydrogen-bond acceptors (Lipinski definition) is 9. The van der Waals surface area contributed by atoms with E-state index in [-0.39, 0.29) is 17.3 Å². The monoisotopic (exact) mass is 452 g/mol. The molecule has 9 nitrogen and oxygen atoms in total. The summed E-state index contributed by atoms with van der Waals surface area (Å²) in [6.45, 7) is 7.86. The molecule has 1 aliphatic rings. The molecule has 4 heterocycles. The number of hydrogen-bond donors (Lipinski definition) is 0. The molecule has 3 aromatic heterocycles. The molecule has 0 atom stereocenters. The van der Waals surface area contributed by atoms with E-state index in [0.717, 1.165) is 0 Å². The quantitative estimate of drug-likeness (QED) is 0.341. The van der Waals surface area contributed by atoms with E-state index in [2.05, 4.69) is 20.1 Å². The van der Waals surface area contributed by atoms with E-state index in [0.29, 0.717) is 27.3 Å². The van der Waals surface area contributed by atoms with Gasteiger partial charge in [-0.3, -0.25) is 4.98 Å². The fourth-order valence-electron chi connectivity index (χ4n) is 3.22. The molecule has 0 amide bonds. The number of nitrogens with zero attached hydrogens (tertiary/aromatic N) is 4. The molecular weight excluding hydrogens is 435 g/mol. The number of aromatic nitrogens is 4. The lowest BCUT2D eigenvalue weighted by molar-refractivity contribution is 0.00578. The predicted molar refractivity (Wildman–Crippen MR) is 118 cm³/mol. The topological polar surface area (TPSA) is 113 Å². The highest BCUT2D eigenvalue weighted by molar-refractivity contribution is 6.61. The molecule has 1 fully saturated rings. The Bertz CT molecular complexity index is 1370. The fraction of sp³-hybridized carbons (Fsp3) is 0.286. The fourth-order valence-corrected chi connectivity index (χ4v) is 3.40. The van der Waals surface area contributed by atoms with Gasteiger partial charge in [-0.25, -0.2) is 9.78 Å². The van der Waals surface area contributed by atoms with Crippen LogP contribution in [0.4, 0.5) is 0 Å². The molecule has 4 aromatic rings. The zero-order valence-corrected chi connectivity index (χ0v) is 18.5. The Balaban J connectivity index is 1.43. The number of halogens is 1. The number of rotatable bonds is 3. The van der Waals surface area contributed by atoms with Crippen LogP contribution in [0, 0.1) is 0 Å². The molecule has 11 heteroatoms. The van der Waals surface area contributed by atoms with E-state index < -0.39 is 23.9 Å². The summed E-state index contributed by atoms with van der Waals surface area (Å²) in [5.74, 6) is 0.186. The van der Waals surface area contributed by atoms with Crippen LogP contribution in [0.3, 0.4) is 0 Å². The summed E-state index contributed by atoms with van der Waals surface area (Å²) in [6.07, 6.45) is 3.04. The van der Waals surface area contributed by atoms with Gasteiger partial charge >= 0.3 is 12.7 Å². The van der Waals surface area contributed by atoms with Crippen molar-refractivity contribution in [1.82, 2.24) is 20.1 Å². The first-order chi connectivity index (χ1) is 15.1. The van der Waals surface area contributed by atoms with Crippen LogP contribution >= 0.6 is 11.6 Å². The van der Waals surface area contributed by atoms with Crippen LogP contribution in [0.25, 0.3) is 33.9 Å². The molecule has 0 aliphatic carbocycles. The minimum Gasteiger partial charge on any atom is -0.422 e. The maximum Gasteiger partial charge on any atom is 0.516 e. The average Bonchev–Trinajstić information content (AvgIpc) is 3.30. The summed E-state index contributed by atoms with van der Waals surface area (Å²) in [5, 5.41) is 5.07. The summed E-state index contributed by atoms with van der Waals surface area (Å²) in [6, 6.07) is 6.54. The van der Waals surface area contributed by atoms with Gasteiger partial charge in [0.2, 0.25) is 5.82 Å². The van der Waals surface area contributed by atoms with Crippen LogP contribution < -0.4 is 11.2 Å². The van der Waals surface area contributed by atoms with Gasteiger partial charge in [0.1, 0.15) is 16.8 Å². The van der Waals surface area contributed by atoms with Gasteiger partial charge in [-0.15, -0.1) is 0 Å². The predicted octanol–water partition coefficient (Wildman–Crippen LogP) is 3.25. The third kappa shape index (κ3) is 3.50. The van der Waals surface area contributed by atoms with E-state index in [1.807, 2.05) is 27.7 Å². The molecule has 0 N–H and O–H groups in total. The van der Waals surface area contributed by atoms with Crippen molar-refractivity contribution in [3.63, 3.8) is 0 Å². The highest BCUT2D eigenvalue weighted by Gasteiger charge is 2.52. The lowest BCUT2D eigenvalue weighted by atomic mass is 9.85. The van der Waals surface area contributed by atoms with E-state index in [1.165, 1.54) is 6.20 Å². The molecule has 162 valence electrons. The molecule has 5 rings (SSSR count). The largest absolute Gasteiger partial charge is 0.516 e. The summed E-state index contributed by atoms with van der Waals surface area (Å²) >= 11 is 6.03. The molecule has 0 spiro atoms. The molecule has 1 aliphatic heterocycles. The van der Waals surface area contributed by atoms with Crippen LogP contribution in [0.1, 0.15) is 27.7 Å². The molecule has 1 saturated heterocycles. The summed E-state index contributed by atoms with van der Waals surface area (Å²) in [5.41, 5.74) is -0.126. The standard InChI is InChI=1S/C21H18BClN4O5/c1-20(2)21(3,4)32-22(31-20)16-10-24-14(9-25-16)17-26-18(30-27-17)13-8-11-7-12(23)5-6-15(11)29-19(13)28/h5-10H,1-4H3. The Morgan fingerprint density at radius 3 is 2.44 bits per heavy atom. The highest BCUT2D eigenvalue weighted by atomic mass is 35.5. The lowest BCUT2D eigenvalue weighted by Gasteiger charge is -2.32. The number of fused-ring (bicyclic) bond motifs is 1. The van der Waals surface area contributed by atoms with Gasteiger partial charge in [0.05, 0.1) is 23.0 Å². The second kappa shape index (κ2) is 7.23. The van der Waals surface area contributed by atoms with Crippen molar-refractivity contribution >= 4 is 35.3 Å². The number of benzene rings is 1. The van der Waals surface area contributed by atoms with Gasteiger partial charge in [0.15, 0.2) is 0 Å². The van der Waals surface area contributed by atoms with Crippen molar-refractivity contribution in [1.29, 1.82) is 0 Å². The van der Waals surface area contributed by atoms with Crippen LogP contribution in [0.2, 0.25) is 5.02 Å². The summed E-state index contributed by atoms with van der Waals surface area (Å²) in [4.78, 5) is 25.4. The molecular formula is C21H18BClN4O5. The van der Waals surface area contributed by atoms with Gasteiger partial charge in [-0.05, 0) is 52.0 Å². The SMILES string of the molecule is CC1(C)OB(c2cnc(-c3noc(-c4cc5cc(Cl)ccc5oc4=O)n3)cn2)OC1(C)C. The molecule has 32 heavy (non-hydrogen) atoms. The average molecular weight is 453 g/mol. The first-order valence-corrected chi connectivity index (χ1v) is 10.3. The first-order valence-electron chi connectivity index (χ1n) is 9.88. The Labute approximate surface area is 187 Å². The van der Waals surface area contributed by atoms with Gasteiger partial charge in [0.25, 0.3) is 5.89 Å². The van der Waals surface area contributed by atoms with Crippen LogP contribution in [-0.4, -0.2) is 38.4 Å². The second-order valence-corrected chi connectivity index (χ2v) is 8.90. The minimum atomic E-state index is -0.628. The molecule has 1 aromatic carbocycles. The molecule has 0 radical (unpaired) electrons. The zero-order valence-electron chi connectivity index (χ0n) is 17.7. The highest BCUT2D eigenvalue weighted by Crippen LogP contribution is 2.36. The van der Waals surface area contributed by atoms with Crippen molar-refractivity contribution in [3.05, 3.63) is 52.1 Å². The maximum absolute atomic E-state index is 12.4. The third-order valence-electron chi connectivity index (χ3n) is 5.75. The van der Waals surface area contributed by atoms with Crippen molar-refractivity contribution in [2.75, 3.05) is 0 Å². The zero-order chi connectivity index (χ0) is 22.7. The van der Waals surface area contributed by atoms with E-state index in [4.69, 9.17) is 29.8 Å². The van der Waals surface area contributed by atoms with Crippen LogP contribution in [0.15, 0.2) is 50.4 Å². The Morgan fingerprint density at radius 2 is 1.75 bits per heavy atom. The van der Waals surface area contributed by atoms with Gasteiger partial charge in [-0.2, -0.15) is 4.98 Å². The van der Waals surface area contributed by atoms with Gasteiger partial charge in [-0.1, -0.05) is 16.8 Å². The lowest BCUT2D eigenvalue weighted by Crippen LogP contribution is -2.41. The van der Waals surface area contributed by atoms with E-state index in [1.54, 1.807) is 30.5 Å². The van der Waals surface area contributed by atoms with E-state index in [9.17, 15) is 4.79 Å². The maximum atomic E-state index is 12.4. The normalized spacial score (nSPS) is 17.2. The third-order valence-corrected chi connectivity index (χ3v) is 5.98. The molecule has 0 bridgehead atoms. The Hall–Kier alpha value is -3.08. The smallest absolute Gasteiger partial charge is 0.422 e. The summed E-state index contributed by atoms with van der Waals surface area (Å²) < 4.78 is 22.6. The Kier molecular flexibility index (Phi) is 4.70. The Morgan fingerprint density at radius 1 is 1.00 bits per heavy atom. The van der Waals surface area contributed by atoms with Crippen LogP contribution in [-0.2, 0) is 9.31 Å².